The van der Waals surface area contributed by atoms with Crippen LogP contribution < -0.4 is 15.4 Å². The van der Waals surface area contributed by atoms with Gasteiger partial charge >= 0.3 is 0 Å². The fourth-order valence-electron chi connectivity index (χ4n) is 4.07. The lowest BCUT2D eigenvalue weighted by Crippen LogP contribution is -3.15. The third kappa shape index (κ3) is 1.70. The minimum atomic E-state index is -0.386. The minimum Gasteiger partial charge on any atom is -0.420 e. The number of aromatic amines is 1. The van der Waals surface area contributed by atoms with Gasteiger partial charge in [-0.05, 0) is 13.8 Å². The van der Waals surface area contributed by atoms with E-state index in [2.05, 4.69) is 37.2 Å². The number of aromatic nitrogens is 2. The highest BCUT2D eigenvalue weighted by Crippen LogP contribution is 2.51. The zero-order valence-corrected chi connectivity index (χ0v) is 12.9. The molecule has 2 aliphatic heterocycles. The summed E-state index contributed by atoms with van der Waals surface area (Å²) >= 11 is 0. The van der Waals surface area contributed by atoms with Gasteiger partial charge in [0.2, 0.25) is 11.8 Å². The molecule has 4 N–H and O–H groups in total. The molecule has 0 amide bonds. The van der Waals surface area contributed by atoms with E-state index >= 15 is 0 Å². The first-order valence-electron chi connectivity index (χ1n) is 7.37. The smallest absolute Gasteiger partial charge is 0.244 e. The molecule has 6 heteroatoms. The fourth-order valence-corrected chi connectivity index (χ4v) is 4.07. The van der Waals surface area contributed by atoms with Crippen LogP contribution in [0.5, 0.6) is 5.88 Å². The van der Waals surface area contributed by atoms with Crippen molar-refractivity contribution < 1.29 is 9.64 Å². The van der Waals surface area contributed by atoms with Crippen LogP contribution in [0.1, 0.15) is 31.5 Å². The molecule has 1 aromatic heterocycles. The van der Waals surface area contributed by atoms with Gasteiger partial charge in [-0.2, -0.15) is 5.26 Å². The molecule has 0 aromatic carbocycles. The Kier molecular flexibility index (Phi) is 2.99. The molecular formula is C15H22N5O+. The zero-order valence-electron chi connectivity index (χ0n) is 12.9. The molecule has 3 rings (SSSR count). The molecule has 6 nitrogen and oxygen atoms in total. The lowest BCUT2D eigenvalue weighted by Gasteiger charge is -2.47. The normalized spacial score (nSPS) is 35.3. The summed E-state index contributed by atoms with van der Waals surface area (Å²) in [4.78, 5) is 1.48. The van der Waals surface area contributed by atoms with E-state index < -0.39 is 0 Å². The van der Waals surface area contributed by atoms with E-state index in [9.17, 15) is 5.26 Å². The summed E-state index contributed by atoms with van der Waals surface area (Å²) < 4.78 is 5.58. The Bertz CT molecular complexity index is 656. The van der Waals surface area contributed by atoms with Crippen molar-refractivity contribution in [2.45, 2.75) is 38.6 Å². The van der Waals surface area contributed by atoms with Crippen LogP contribution in [-0.4, -0.2) is 29.8 Å². The summed E-state index contributed by atoms with van der Waals surface area (Å²) in [6, 6.07) is 2.76. The van der Waals surface area contributed by atoms with Crippen LogP contribution in [0.3, 0.4) is 0 Å². The molecule has 112 valence electrons. The number of hydrogen-bond donors (Lipinski definition) is 3. The quantitative estimate of drug-likeness (QED) is 0.626. The van der Waals surface area contributed by atoms with Crippen LogP contribution in [-0.2, 0) is 5.41 Å². The molecule has 1 saturated heterocycles. The standard InChI is InChI=1S/C15H21N5O/c1-8-7-20(4)9(2)5-15(8)11(6-16)13(17)21-14-12(15)10(3)18-19-14/h8-9H,5,7,17H2,1-4H3,(H,18,19)/p+1/t8-,9+,15+/m1/s1. The van der Waals surface area contributed by atoms with E-state index in [4.69, 9.17) is 10.5 Å². The van der Waals surface area contributed by atoms with Crippen LogP contribution in [0.2, 0.25) is 0 Å². The summed E-state index contributed by atoms with van der Waals surface area (Å²) in [6.07, 6.45) is 0.875. The predicted octanol–water partition coefficient (Wildman–Crippen LogP) is -0.0148. The van der Waals surface area contributed by atoms with Crippen LogP contribution in [0.15, 0.2) is 11.5 Å². The minimum absolute atomic E-state index is 0.204. The second-order valence-corrected chi connectivity index (χ2v) is 6.51. The number of aryl methyl sites for hydroxylation is 1. The molecule has 2 aliphatic rings. The molecule has 1 fully saturated rings. The number of hydrogen-bond acceptors (Lipinski definition) is 4. The van der Waals surface area contributed by atoms with Crippen LogP contribution in [0.4, 0.5) is 0 Å². The molecular weight excluding hydrogens is 266 g/mol. The Labute approximate surface area is 124 Å². The molecule has 1 unspecified atom stereocenters. The van der Waals surface area contributed by atoms with Crippen molar-refractivity contribution in [3.63, 3.8) is 0 Å². The van der Waals surface area contributed by atoms with Gasteiger partial charge < -0.3 is 15.4 Å². The SMILES string of the molecule is Cc1[nH]nc2c1[C@]1(C[C@H](C)[NH+](C)C[C@H]1C)C(C#N)=C(N)O2. The Balaban J connectivity index is 2.26. The maximum atomic E-state index is 9.70. The number of nitrogens with two attached hydrogens (primary N) is 1. The third-order valence-corrected chi connectivity index (χ3v) is 5.31. The number of piperidine rings is 1. The Morgan fingerprint density at radius 3 is 2.90 bits per heavy atom. The molecule has 0 bridgehead atoms. The predicted molar refractivity (Wildman–Crippen MR) is 77.5 cm³/mol. The highest BCUT2D eigenvalue weighted by Gasteiger charge is 2.55. The number of fused-ring (bicyclic) bond motifs is 2. The van der Waals surface area contributed by atoms with Gasteiger partial charge in [-0.25, -0.2) is 0 Å². The highest BCUT2D eigenvalue weighted by molar-refractivity contribution is 5.54. The maximum absolute atomic E-state index is 9.70. The van der Waals surface area contributed by atoms with Gasteiger partial charge in [-0.1, -0.05) is 6.92 Å². The number of nitriles is 1. The molecule has 0 aliphatic carbocycles. The van der Waals surface area contributed by atoms with Crippen molar-refractivity contribution >= 4 is 0 Å². The second kappa shape index (κ2) is 4.50. The van der Waals surface area contributed by atoms with Crippen molar-refractivity contribution in [1.29, 1.82) is 5.26 Å². The monoisotopic (exact) mass is 288 g/mol. The first-order valence-corrected chi connectivity index (χ1v) is 7.37. The number of likely N-dealkylation sites (tertiary alicyclic amines) is 1. The van der Waals surface area contributed by atoms with E-state index in [-0.39, 0.29) is 11.3 Å². The summed E-state index contributed by atoms with van der Waals surface area (Å²) in [6.45, 7) is 7.39. The largest absolute Gasteiger partial charge is 0.420 e. The summed E-state index contributed by atoms with van der Waals surface area (Å²) in [7, 11) is 2.20. The van der Waals surface area contributed by atoms with Crippen LogP contribution >= 0.6 is 0 Å². The summed E-state index contributed by atoms with van der Waals surface area (Å²) in [5, 5.41) is 16.9. The van der Waals surface area contributed by atoms with E-state index in [1.807, 2.05) is 6.92 Å². The number of H-pyrrole nitrogens is 1. The average molecular weight is 288 g/mol. The zero-order chi connectivity index (χ0) is 15.4. The lowest BCUT2D eigenvalue weighted by molar-refractivity contribution is -0.914. The van der Waals surface area contributed by atoms with Crippen LogP contribution in [0, 0.1) is 24.2 Å². The fraction of sp³-hybridized carbons (Fsp3) is 0.600. The molecule has 0 radical (unpaired) electrons. The molecule has 21 heavy (non-hydrogen) atoms. The number of quaternary nitrogens is 1. The van der Waals surface area contributed by atoms with E-state index in [1.54, 1.807) is 0 Å². The van der Waals surface area contributed by atoms with Crippen molar-refractivity contribution in [2.75, 3.05) is 13.6 Å². The maximum Gasteiger partial charge on any atom is 0.244 e. The van der Waals surface area contributed by atoms with E-state index in [0.717, 1.165) is 24.2 Å². The first kappa shape index (κ1) is 14.0. The number of allylic oxidation sites excluding steroid dienone is 1. The van der Waals surface area contributed by atoms with Crippen LogP contribution in [0.25, 0.3) is 0 Å². The number of ether oxygens (including phenoxy) is 1. The molecule has 0 saturated carbocycles. The van der Waals surface area contributed by atoms with Crippen molar-refractivity contribution in [3.05, 3.63) is 22.7 Å². The topological polar surface area (TPSA) is 92.2 Å². The highest BCUT2D eigenvalue weighted by atomic mass is 16.5. The van der Waals surface area contributed by atoms with Gasteiger partial charge in [0.15, 0.2) is 0 Å². The third-order valence-electron chi connectivity index (χ3n) is 5.31. The molecule has 3 heterocycles. The van der Waals surface area contributed by atoms with Crippen molar-refractivity contribution in [3.8, 4) is 11.9 Å². The Hall–Kier alpha value is -2.00. The van der Waals surface area contributed by atoms with E-state index in [1.165, 1.54) is 4.90 Å². The van der Waals surface area contributed by atoms with Gasteiger partial charge in [-0.15, -0.1) is 5.10 Å². The van der Waals surface area contributed by atoms with Crippen molar-refractivity contribution in [1.82, 2.24) is 10.2 Å². The number of nitrogens with zero attached hydrogens (tertiary/aromatic N) is 2. The Morgan fingerprint density at radius 1 is 1.52 bits per heavy atom. The number of rotatable bonds is 0. The van der Waals surface area contributed by atoms with Gasteiger partial charge in [-0.3, -0.25) is 5.10 Å². The number of nitrogens with one attached hydrogen (secondary N) is 2. The second-order valence-electron chi connectivity index (χ2n) is 6.51. The van der Waals surface area contributed by atoms with Crippen molar-refractivity contribution in [2.24, 2.45) is 11.7 Å². The van der Waals surface area contributed by atoms with Gasteiger partial charge in [0, 0.05) is 23.6 Å². The average Bonchev–Trinajstić information content (AvgIpc) is 2.78. The van der Waals surface area contributed by atoms with Gasteiger partial charge in [0.05, 0.1) is 25.0 Å². The van der Waals surface area contributed by atoms with E-state index in [0.29, 0.717) is 23.4 Å². The first-order chi connectivity index (χ1) is 9.91. The van der Waals surface area contributed by atoms with Gasteiger partial charge in [0.25, 0.3) is 0 Å². The lowest BCUT2D eigenvalue weighted by atomic mass is 9.60. The summed E-state index contributed by atoms with van der Waals surface area (Å²) in [5.74, 6) is 1.03. The summed E-state index contributed by atoms with van der Waals surface area (Å²) in [5.41, 5.74) is 8.19. The molecule has 1 spiro atoms. The molecule has 4 atom stereocenters. The molecule has 1 aromatic rings. The van der Waals surface area contributed by atoms with Gasteiger partial charge in [0.1, 0.15) is 11.6 Å². The Morgan fingerprint density at radius 2 is 2.24 bits per heavy atom.